The summed E-state index contributed by atoms with van der Waals surface area (Å²) >= 11 is 0. The maximum atomic E-state index is 13.0. The normalized spacial score (nSPS) is 18.9. The molecule has 3 heterocycles. The predicted molar refractivity (Wildman–Crippen MR) is 112 cm³/mol. The summed E-state index contributed by atoms with van der Waals surface area (Å²) in [5.41, 5.74) is 2.73. The highest BCUT2D eigenvalue weighted by Crippen LogP contribution is 2.29. The Labute approximate surface area is 169 Å². The van der Waals surface area contributed by atoms with Crippen LogP contribution in [0.15, 0.2) is 42.9 Å². The zero-order chi connectivity index (χ0) is 20.5. The second-order valence-corrected chi connectivity index (χ2v) is 7.81. The summed E-state index contributed by atoms with van der Waals surface area (Å²) in [6.07, 6.45) is 5.70. The Morgan fingerprint density at radius 3 is 2.83 bits per heavy atom. The van der Waals surface area contributed by atoms with Crippen molar-refractivity contribution in [2.75, 3.05) is 32.5 Å². The highest BCUT2D eigenvalue weighted by molar-refractivity contribution is 5.96. The minimum atomic E-state index is -0.156. The fourth-order valence-corrected chi connectivity index (χ4v) is 3.86. The Morgan fingerprint density at radius 1 is 1.28 bits per heavy atom. The molecule has 2 aromatic heterocycles. The zero-order valence-electron chi connectivity index (χ0n) is 16.9. The summed E-state index contributed by atoms with van der Waals surface area (Å²) in [6, 6.07) is 7.77. The molecule has 0 unspecified atom stereocenters. The van der Waals surface area contributed by atoms with Gasteiger partial charge in [0.2, 0.25) is 11.8 Å². The summed E-state index contributed by atoms with van der Waals surface area (Å²) in [7, 11) is 5.37. The summed E-state index contributed by atoms with van der Waals surface area (Å²) < 4.78 is 3.67. The number of hydrogen-bond acceptors (Lipinski definition) is 4. The topological polar surface area (TPSA) is 84.2 Å². The fourth-order valence-electron chi connectivity index (χ4n) is 3.86. The molecule has 8 nitrogen and oxygen atoms in total. The monoisotopic (exact) mass is 394 g/mol. The van der Waals surface area contributed by atoms with Gasteiger partial charge < -0.3 is 20.1 Å². The van der Waals surface area contributed by atoms with Crippen LogP contribution in [0, 0.1) is 5.92 Å². The third-order valence-electron chi connectivity index (χ3n) is 5.55. The van der Waals surface area contributed by atoms with Gasteiger partial charge in [0.05, 0.1) is 17.6 Å². The Morgan fingerprint density at radius 2 is 2.10 bits per heavy atom. The molecule has 0 radical (unpaired) electrons. The first kappa shape index (κ1) is 19.2. The van der Waals surface area contributed by atoms with Gasteiger partial charge in [-0.2, -0.15) is 5.10 Å². The van der Waals surface area contributed by atoms with Crippen molar-refractivity contribution in [2.24, 2.45) is 13.0 Å². The second kappa shape index (κ2) is 7.71. The molecule has 29 heavy (non-hydrogen) atoms. The highest BCUT2D eigenvalue weighted by atomic mass is 16.2. The number of carbonyl (C=O) groups is 2. The highest BCUT2D eigenvalue weighted by Gasteiger charge is 2.34. The van der Waals surface area contributed by atoms with Crippen molar-refractivity contribution in [3.63, 3.8) is 0 Å². The molecule has 2 N–H and O–H groups in total. The number of benzene rings is 1. The number of nitrogens with zero attached hydrogens (tertiary/aromatic N) is 4. The number of nitrogens with one attached hydrogen (secondary N) is 2. The number of anilines is 1. The van der Waals surface area contributed by atoms with E-state index in [1.807, 2.05) is 54.5 Å². The van der Waals surface area contributed by atoms with Crippen molar-refractivity contribution in [1.82, 2.24) is 24.6 Å². The Hall–Kier alpha value is -3.13. The first-order valence-corrected chi connectivity index (χ1v) is 9.71. The maximum absolute atomic E-state index is 13.0. The van der Waals surface area contributed by atoms with E-state index >= 15 is 0 Å². The van der Waals surface area contributed by atoms with Crippen molar-refractivity contribution in [2.45, 2.75) is 12.5 Å². The van der Waals surface area contributed by atoms with Crippen molar-refractivity contribution in [1.29, 1.82) is 0 Å². The molecular weight excluding hydrogens is 368 g/mol. The molecule has 1 aliphatic heterocycles. The minimum Gasteiger partial charge on any atom is -0.347 e. The lowest BCUT2D eigenvalue weighted by molar-refractivity contribution is -0.129. The van der Waals surface area contributed by atoms with Gasteiger partial charge in [-0.25, -0.2) is 0 Å². The molecule has 1 saturated heterocycles. The first-order chi connectivity index (χ1) is 13.9. The van der Waals surface area contributed by atoms with Gasteiger partial charge in [0.25, 0.3) is 0 Å². The number of likely N-dealkylation sites (N-methyl/N-ethyl adjacent to an activating group) is 1. The number of aryl methyl sites for hydroxylation is 1. The van der Waals surface area contributed by atoms with Crippen molar-refractivity contribution in [3.8, 4) is 0 Å². The van der Waals surface area contributed by atoms with Gasteiger partial charge in [-0.1, -0.05) is 6.07 Å². The van der Waals surface area contributed by atoms with Gasteiger partial charge in [0, 0.05) is 58.2 Å². The zero-order valence-corrected chi connectivity index (χ0v) is 16.9. The summed E-state index contributed by atoms with van der Waals surface area (Å²) in [6.45, 7) is 1.67. The molecule has 1 aromatic carbocycles. The third kappa shape index (κ3) is 3.88. The lowest BCUT2D eigenvalue weighted by Crippen LogP contribution is -2.28. The molecule has 2 amide bonds. The largest absolute Gasteiger partial charge is 0.347 e. The molecule has 3 aromatic rings. The molecule has 152 valence electrons. The van der Waals surface area contributed by atoms with E-state index in [2.05, 4.69) is 15.7 Å². The van der Waals surface area contributed by atoms with Crippen LogP contribution in [0.2, 0.25) is 0 Å². The molecule has 0 spiro atoms. The van der Waals surface area contributed by atoms with Crippen LogP contribution in [0.5, 0.6) is 0 Å². The standard InChI is InChI=1S/C21H26N6O2/c1-25(2)20(28)13-27-7-6-14-4-5-16(8-19(14)27)24-21(29)18-11-22-10-17(18)15-9-23-26(3)12-15/h4-9,12,17-18,22H,10-11,13H2,1-3H3,(H,24,29)/t17-,18+/m1/s1. The second-order valence-electron chi connectivity index (χ2n) is 7.81. The van der Waals surface area contributed by atoms with Gasteiger partial charge in [-0.05, 0) is 29.1 Å². The summed E-state index contributed by atoms with van der Waals surface area (Å²) in [5, 5.41) is 11.6. The van der Waals surface area contributed by atoms with Crippen LogP contribution < -0.4 is 10.6 Å². The van der Waals surface area contributed by atoms with Crippen LogP contribution in [0.1, 0.15) is 11.5 Å². The van der Waals surface area contributed by atoms with Crippen LogP contribution >= 0.6 is 0 Å². The van der Waals surface area contributed by atoms with Gasteiger partial charge in [-0.3, -0.25) is 14.3 Å². The maximum Gasteiger partial charge on any atom is 0.241 e. The van der Waals surface area contributed by atoms with Gasteiger partial charge in [-0.15, -0.1) is 0 Å². The Kier molecular flexibility index (Phi) is 5.10. The first-order valence-electron chi connectivity index (χ1n) is 9.71. The quantitative estimate of drug-likeness (QED) is 0.685. The number of fused-ring (bicyclic) bond motifs is 1. The average Bonchev–Trinajstić information content (AvgIpc) is 3.41. The molecule has 0 bridgehead atoms. The van der Waals surface area contributed by atoms with E-state index in [0.29, 0.717) is 6.54 Å². The number of hydrogen-bond donors (Lipinski definition) is 2. The molecule has 1 fully saturated rings. The molecular formula is C21H26N6O2. The van der Waals surface area contributed by atoms with E-state index in [-0.39, 0.29) is 30.2 Å². The number of aromatic nitrogens is 3. The van der Waals surface area contributed by atoms with E-state index in [4.69, 9.17) is 0 Å². The number of rotatable bonds is 5. The molecule has 0 aliphatic carbocycles. The van der Waals surface area contributed by atoms with Crippen LogP contribution in [0.4, 0.5) is 5.69 Å². The molecule has 8 heteroatoms. The summed E-state index contributed by atoms with van der Waals surface area (Å²) in [4.78, 5) is 26.6. The minimum absolute atomic E-state index is 0.00863. The molecule has 0 saturated carbocycles. The lowest BCUT2D eigenvalue weighted by atomic mass is 9.90. The molecule has 2 atom stereocenters. The molecule has 4 rings (SSSR count). The Bertz CT molecular complexity index is 1050. The average molecular weight is 394 g/mol. The lowest BCUT2D eigenvalue weighted by Gasteiger charge is -2.17. The van der Waals surface area contributed by atoms with E-state index in [0.717, 1.165) is 28.7 Å². The number of amides is 2. The SMILES string of the molecule is CN(C)C(=O)Cn1ccc2ccc(NC(=O)[C@H]3CNC[C@@H]3c3cnn(C)c3)cc21. The van der Waals surface area contributed by atoms with Crippen LogP contribution in [-0.4, -0.2) is 58.2 Å². The Balaban J connectivity index is 1.52. The van der Waals surface area contributed by atoms with E-state index in [1.54, 1.807) is 23.7 Å². The smallest absolute Gasteiger partial charge is 0.241 e. The van der Waals surface area contributed by atoms with Crippen LogP contribution in [0.25, 0.3) is 10.9 Å². The predicted octanol–water partition coefficient (Wildman–Crippen LogP) is 1.40. The van der Waals surface area contributed by atoms with Crippen LogP contribution in [-0.2, 0) is 23.2 Å². The van der Waals surface area contributed by atoms with Crippen molar-refractivity contribution >= 4 is 28.4 Å². The number of carbonyl (C=O) groups excluding carboxylic acids is 2. The van der Waals surface area contributed by atoms with Gasteiger partial charge in [0.15, 0.2) is 0 Å². The van der Waals surface area contributed by atoms with E-state index in [9.17, 15) is 9.59 Å². The van der Waals surface area contributed by atoms with E-state index < -0.39 is 0 Å². The fraction of sp³-hybridized carbons (Fsp3) is 0.381. The summed E-state index contributed by atoms with van der Waals surface area (Å²) in [5.74, 6) is -0.0371. The van der Waals surface area contributed by atoms with Gasteiger partial charge in [0.1, 0.15) is 6.54 Å². The molecule has 1 aliphatic rings. The van der Waals surface area contributed by atoms with Crippen LogP contribution in [0.3, 0.4) is 0 Å². The van der Waals surface area contributed by atoms with Crippen molar-refractivity contribution < 1.29 is 9.59 Å². The van der Waals surface area contributed by atoms with E-state index in [1.165, 1.54) is 0 Å². The van der Waals surface area contributed by atoms with Gasteiger partial charge >= 0.3 is 0 Å². The van der Waals surface area contributed by atoms with Crippen molar-refractivity contribution in [3.05, 3.63) is 48.4 Å². The third-order valence-corrected chi connectivity index (χ3v) is 5.55.